The molecule has 11 heteroatoms. The van der Waals surface area contributed by atoms with Gasteiger partial charge in [0.2, 0.25) is 5.91 Å². The Bertz CT molecular complexity index is 1540. The summed E-state index contributed by atoms with van der Waals surface area (Å²) >= 11 is 0. The minimum Gasteiger partial charge on any atom is -0.391 e. The summed E-state index contributed by atoms with van der Waals surface area (Å²) in [7, 11) is 0. The number of nitrogens with two attached hydrogens (primary N) is 1. The molecule has 0 saturated carbocycles. The van der Waals surface area contributed by atoms with Crippen molar-refractivity contribution in [3.8, 4) is 11.3 Å². The van der Waals surface area contributed by atoms with Crippen molar-refractivity contribution in [3.05, 3.63) is 77.5 Å². The van der Waals surface area contributed by atoms with Crippen LogP contribution in [0.4, 0.5) is 14.5 Å². The first kappa shape index (κ1) is 26.3. The van der Waals surface area contributed by atoms with E-state index in [0.717, 1.165) is 17.7 Å². The highest BCUT2D eigenvalue weighted by Crippen LogP contribution is 2.30. The van der Waals surface area contributed by atoms with Crippen LogP contribution in [0.2, 0.25) is 0 Å². The van der Waals surface area contributed by atoms with Crippen molar-refractivity contribution < 1.29 is 18.7 Å². The van der Waals surface area contributed by atoms with Crippen LogP contribution in [0.15, 0.2) is 48.9 Å². The van der Waals surface area contributed by atoms with E-state index in [2.05, 4.69) is 20.0 Å². The Balaban J connectivity index is 1.30. The molecule has 0 aliphatic carbocycles. The third kappa shape index (κ3) is 4.90. The van der Waals surface area contributed by atoms with Crippen LogP contribution in [0, 0.1) is 17.6 Å². The van der Waals surface area contributed by atoms with E-state index in [9.17, 15) is 9.90 Å². The molecule has 2 saturated heterocycles. The van der Waals surface area contributed by atoms with Gasteiger partial charge in [0.1, 0.15) is 17.5 Å². The van der Waals surface area contributed by atoms with Gasteiger partial charge >= 0.3 is 0 Å². The molecule has 1 amide bonds. The molecule has 0 spiro atoms. The first-order chi connectivity index (χ1) is 19.3. The molecule has 2 fully saturated rings. The van der Waals surface area contributed by atoms with Crippen molar-refractivity contribution in [2.45, 2.75) is 44.9 Å². The molecule has 208 valence electrons. The van der Waals surface area contributed by atoms with E-state index >= 15 is 8.78 Å². The van der Waals surface area contributed by atoms with Crippen LogP contribution in [-0.2, 0) is 17.8 Å². The normalized spacial score (nSPS) is 21.5. The second-order valence-electron chi connectivity index (χ2n) is 10.8. The Kier molecular flexibility index (Phi) is 6.93. The third-order valence-corrected chi connectivity index (χ3v) is 7.89. The standard InChI is InChI=1S/C29H31F2N7O2/c1-17-14-37(16-23(32)29(17)40)25-6-7-33-12-19(25)11-26-34-13-20-4-5-24(35-38(20)26)28-21(30)9-18(10-22(28)31)15-36-8-2-3-27(36)39/h4-7,9-10,12-13,17,23,29,40H,2-3,8,11,14-16,32H2,1H3/t17-,23+,29+/m0/s1. The van der Waals surface area contributed by atoms with Crippen molar-refractivity contribution in [1.82, 2.24) is 24.5 Å². The van der Waals surface area contributed by atoms with Gasteiger partial charge in [0.25, 0.3) is 0 Å². The Morgan fingerprint density at radius 1 is 1.12 bits per heavy atom. The van der Waals surface area contributed by atoms with Crippen molar-refractivity contribution >= 4 is 17.1 Å². The van der Waals surface area contributed by atoms with Crippen molar-refractivity contribution in [3.63, 3.8) is 0 Å². The van der Waals surface area contributed by atoms with Crippen molar-refractivity contribution in [1.29, 1.82) is 0 Å². The number of amides is 1. The third-order valence-electron chi connectivity index (χ3n) is 7.89. The van der Waals surface area contributed by atoms with Gasteiger partial charge in [-0.05, 0) is 42.3 Å². The summed E-state index contributed by atoms with van der Waals surface area (Å²) in [6, 6.07) is 7.40. The summed E-state index contributed by atoms with van der Waals surface area (Å²) in [5.41, 5.74) is 9.05. The van der Waals surface area contributed by atoms with Gasteiger partial charge in [0, 0.05) is 74.6 Å². The monoisotopic (exact) mass is 547 g/mol. The maximum Gasteiger partial charge on any atom is 0.222 e. The molecule has 3 aromatic heterocycles. The number of hydrogen-bond donors (Lipinski definition) is 2. The minimum atomic E-state index is -0.734. The number of likely N-dealkylation sites (tertiary alicyclic amines) is 1. The van der Waals surface area contributed by atoms with Crippen LogP contribution in [0.1, 0.15) is 36.7 Å². The number of aromatic nitrogens is 4. The predicted octanol–water partition coefficient (Wildman–Crippen LogP) is 2.93. The smallest absolute Gasteiger partial charge is 0.222 e. The van der Waals surface area contributed by atoms with E-state index in [1.165, 1.54) is 12.1 Å². The number of piperidine rings is 1. The number of pyridine rings is 1. The predicted molar refractivity (Wildman–Crippen MR) is 145 cm³/mol. The highest BCUT2D eigenvalue weighted by atomic mass is 19.1. The fourth-order valence-electron chi connectivity index (χ4n) is 5.79. The van der Waals surface area contributed by atoms with Gasteiger partial charge in [-0.25, -0.2) is 18.3 Å². The van der Waals surface area contributed by atoms with Crippen molar-refractivity contribution in [2.75, 3.05) is 24.5 Å². The number of imidazole rings is 1. The molecule has 3 atom stereocenters. The van der Waals surface area contributed by atoms with E-state index in [0.29, 0.717) is 49.4 Å². The number of aliphatic hydroxyl groups excluding tert-OH is 1. The summed E-state index contributed by atoms with van der Waals surface area (Å²) in [5.74, 6) is -0.875. The molecule has 9 nitrogen and oxygen atoms in total. The summed E-state index contributed by atoms with van der Waals surface area (Å²) in [6.45, 7) is 3.90. The quantitative estimate of drug-likeness (QED) is 0.382. The zero-order valence-electron chi connectivity index (χ0n) is 22.2. The number of carbonyl (C=O) groups is 1. The fraction of sp³-hybridized carbons (Fsp3) is 0.379. The first-order valence-corrected chi connectivity index (χ1v) is 13.5. The first-order valence-electron chi connectivity index (χ1n) is 13.5. The number of nitrogens with zero attached hydrogens (tertiary/aromatic N) is 6. The molecule has 1 aromatic carbocycles. The van der Waals surface area contributed by atoms with Crippen LogP contribution in [0.3, 0.4) is 0 Å². The van der Waals surface area contributed by atoms with E-state index in [-0.39, 0.29) is 35.7 Å². The molecule has 40 heavy (non-hydrogen) atoms. The van der Waals surface area contributed by atoms with Gasteiger partial charge in [-0.3, -0.25) is 9.78 Å². The molecule has 4 aromatic rings. The summed E-state index contributed by atoms with van der Waals surface area (Å²) < 4.78 is 32.1. The van der Waals surface area contributed by atoms with E-state index < -0.39 is 17.7 Å². The number of aliphatic hydroxyl groups is 1. The van der Waals surface area contributed by atoms with Crippen LogP contribution < -0.4 is 10.6 Å². The Morgan fingerprint density at radius 2 is 1.93 bits per heavy atom. The zero-order chi connectivity index (χ0) is 28.0. The van der Waals surface area contributed by atoms with Gasteiger partial charge in [-0.2, -0.15) is 5.10 Å². The fourth-order valence-corrected chi connectivity index (χ4v) is 5.79. The molecular weight excluding hydrogens is 516 g/mol. The molecule has 2 aliphatic rings. The second kappa shape index (κ2) is 10.5. The molecule has 2 aliphatic heterocycles. The van der Waals surface area contributed by atoms with Crippen molar-refractivity contribution in [2.24, 2.45) is 11.7 Å². The molecule has 0 unspecified atom stereocenters. The topological polar surface area (TPSA) is 113 Å². The number of fused-ring (bicyclic) bond motifs is 1. The lowest BCUT2D eigenvalue weighted by atomic mass is 9.92. The second-order valence-corrected chi connectivity index (χ2v) is 10.8. The highest BCUT2D eigenvalue weighted by molar-refractivity contribution is 5.78. The Labute approximate surface area is 230 Å². The van der Waals surface area contributed by atoms with E-state index in [4.69, 9.17) is 5.73 Å². The SMILES string of the molecule is C[C@H]1CN(c2ccncc2Cc2ncc3ccc(-c4c(F)cc(CN5CCCC5=O)cc4F)nn23)C[C@@H](N)[C@@H]1O. The zero-order valence-corrected chi connectivity index (χ0v) is 22.2. The van der Waals surface area contributed by atoms with Crippen LogP contribution in [-0.4, -0.2) is 67.3 Å². The number of anilines is 1. The Hall–Kier alpha value is -3.96. The van der Waals surface area contributed by atoms with E-state index in [1.54, 1.807) is 40.1 Å². The number of hydrogen-bond acceptors (Lipinski definition) is 7. The molecule has 0 bridgehead atoms. The average molecular weight is 548 g/mol. The lowest BCUT2D eigenvalue weighted by Crippen LogP contribution is -2.55. The van der Waals surface area contributed by atoms with Gasteiger partial charge < -0.3 is 20.6 Å². The minimum absolute atomic E-state index is 0.00310. The summed E-state index contributed by atoms with van der Waals surface area (Å²) in [5, 5.41) is 14.9. The largest absolute Gasteiger partial charge is 0.391 e. The van der Waals surface area contributed by atoms with E-state index in [1.807, 2.05) is 13.0 Å². The number of benzene rings is 1. The molecule has 0 radical (unpaired) electrons. The van der Waals surface area contributed by atoms with Gasteiger partial charge in [-0.15, -0.1) is 0 Å². The number of carbonyl (C=O) groups excluding carboxylic acids is 1. The number of rotatable bonds is 6. The molecule has 5 heterocycles. The number of halogens is 2. The summed E-state index contributed by atoms with van der Waals surface area (Å²) in [6.07, 6.45) is 6.20. The maximum atomic E-state index is 15.2. The van der Waals surface area contributed by atoms with Crippen LogP contribution in [0.5, 0.6) is 0 Å². The van der Waals surface area contributed by atoms with Crippen LogP contribution >= 0.6 is 0 Å². The summed E-state index contributed by atoms with van der Waals surface area (Å²) in [4.78, 5) is 24.6. The lowest BCUT2D eigenvalue weighted by Gasteiger charge is -2.40. The lowest BCUT2D eigenvalue weighted by molar-refractivity contribution is -0.128. The maximum absolute atomic E-state index is 15.2. The molecular formula is C29H31F2N7O2. The molecule has 6 rings (SSSR count). The average Bonchev–Trinajstić information content (AvgIpc) is 3.52. The van der Waals surface area contributed by atoms with Crippen LogP contribution in [0.25, 0.3) is 16.8 Å². The Morgan fingerprint density at radius 3 is 2.65 bits per heavy atom. The van der Waals surface area contributed by atoms with Gasteiger partial charge in [0.05, 0.1) is 29.1 Å². The molecule has 3 N–H and O–H groups in total. The van der Waals surface area contributed by atoms with Gasteiger partial charge in [-0.1, -0.05) is 6.92 Å². The highest BCUT2D eigenvalue weighted by Gasteiger charge is 2.32. The van der Waals surface area contributed by atoms with Gasteiger partial charge in [0.15, 0.2) is 0 Å².